The van der Waals surface area contributed by atoms with Crippen LogP contribution in [-0.2, 0) is 9.59 Å². The molecule has 1 aliphatic heterocycles. The van der Waals surface area contributed by atoms with Crippen molar-refractivity contribution in [1.82, 2.24) is 0 Å². The van der Waals surface area contributed by atoms with E-state index in [0.29, 0.717) is 16.5 Å². The molecular weight excluding hydrogens is 451 g/mol. The first kappa shape index (κ1) is 23.3. The minimum atomic E-state index is -0.402. The number of nitrogens with one attached hydrogen (secondary N) is 1. The maximum atomic E-state index is 13.5. The number of halogens is 1. The van der Waals surface area contributed by atoms with E-state index < -0.39 is 5.82 Å². The number of carbonyl (C=O) groups excluding carboxylic acids is 2. The second kappa shape index (κ2) is 10.4. The predicted molar refractivity (Wildman–Crippen MR) is 138 cm³/mol. The van der Waals surface area contributed by atoms with E-state index in [2.05, 4.69) is 10.3 Å². The number of hydrogen-bond donors (Lipinski definition) is 1. The van der Waals surface area contributed by atoms with Crippen molar-refractivity contribution in [2.45, 2.75) is 0 Å². The van der Waals surface area contributed by atoms with Gasteiger partial charge in [-0.2, -0.15) is 0 Å². The molecule has 0 radical (unpaired) electrons. The Hall–Kier alpha value is -3.91. The van der Waals surface area contributed by atoms with Gasteiger partial charge in [-0.15, -0.1) is 0 Å². The summed E-state index contributed by atoms with van der Waals surface area (Å²) in [6, 6.07) is 22.5. The summed E-state index contributed by atoms with van der Waals surface area (Å²) in [4.78, 5) is 33.6. The Kier molecular flexibility index (Phi) is 7.08. The lowest BCUT2D eigenvalue weighted by Gasteiger charge is -2.17. The molecule has 2 amide bonds. The number of amidine groups is 1. The summed E-state index contributed by atoms with van der Waals surface area (Å²) in [5, 5.41) is 3.21. The van der Waals surface area contributed by atoms with Crippen LogP contribution in [0.25, 0.3) is 6.08 Å². The Morgan fingerprint density at radius 1 is 1.03 bits per heavy atom. The number of rotatable bonds is 6. The zero-order valence-corrected chi connectivity index (χ0v) is 19.6. The molecule has 0 atom stereocenters. The fourth-order valence-electron chi connectivity index (χ4n) is 3.29. The highest BCUT2D eigenvalue weighted by molar-refractivity contribution is 8.14. The van der Waals surface area contributed by atoms with E-state index in [1.165, 1.54) is 29.2 Å². The Morgan fingerprint density at radius 2 is 1.71 bits per heavy atom. The van der Waals surface area contributed by atoms with E-state index in [9.17, 15) is 14.0 Å². The van der Waals surface area contributed by atoms with E-state index in [0.717, 1.165) is 23.0 Å². The number of aliphatic imine (C=N–C) groups is 1. The van der Waals surface area contributed by atoms with E-state index in [1.807, 2.05) is 73.6 Å². The Labute approximate surface area is 201 Å². The summed E-state index contributed by atoms with van der Waals surface area (Å²) >= 11 is 1.14. The van der Waals surface area contributed by atoms with Crippen LogP contribution in [0.3, 0.4) is 0 Å². The van der Waals surface area contributed by atoms with Gasteiger partial charge in [0, 0.05) is 25.5 Å². The Balaban J connectivity index is 1.52. The quantitative estimate of drug-likeness (QED) is 0.510. The van der Waals surface area contributed by atoms with Gasteiger partial charge >= 0.3 is 0 Å². The zero-order valence-electron chi connectivity index (χ0n) is 18.7. The average Bonchev–Trinajstić information content (AvgIpc) is 3.14. The SMILES string of the molecule is CN(C)c1ccc(NC(=O)CSC2=N/C(=C\c3ccccc3)C(=O)N2c2ccc(F)cc2)cc1. The van der Waals surface area contributed by atoms with Crippen LogP contribution in [0.5, 0.6) is 0 Å². The van der Waals surface area contributed by atoms with Gasteiger partial charge in [-0.1, -0.05) is 42.1 Å². The van der Waals surface area contributed by atoms with Gasteiger partial charge in [0.25, 0.3) is 5.91 Å². The minimum Gasteiger partial charge on any atom is -0.378 e. The molecule has 0 saturated heterocycles. The highest BCUT2D eigenvalue weighted by Crippen LogP contribution is 2.29. The summed E-state index contributed by atoms with van der Waals surface area (Å²) in [7, 11) is 3.89. The number of amides is 2. The predicted octanol–water partition coefficient (Wildman–Crippen LogP) is 5.01. The topological polar surface area (TPSA) is 65.0 Å². The van der Waals surface area contributed by atoms with Crippen molar-refractivity contribution in [2.24, 2.45) is 4.99 Å². The maximum absolute atomic E-state index is 13.5. The summed E-state index contributed by atoms with van der Waals surface area (Å²) < 4.78 is 13.5. The average molecular weight is 475 g/mol. The molecule has 0 aliphatic carbocycles. The van der Waals surface area contributed by atoms with Crippen molar-refractivity contribution in [3.63, 3.8) is 0 Å². The molecule has 34 heavy (non-hydrogen) atoms. The van der Waals surface area contributed by atoms with Gasteiger partial charge in [0.2, 0.25) is 5.91 Å². The van der Waals surface area contributed by atoms with Crippen molar-refractivity contribution in [1.29, 1.82) is 0 Å². The molecule has 6 nitrogen and oxygen atoms in total. The van der Waals surface area contributed by atoms with Crippen LogP contribution in [0.1, 0.15) is 5.56 Å². The third-order valence-electron chi connectivity index (χ3n) is 5.02. The fraction of sp³-hybridized carbons (Fsp3) is 0.115. The zero-order chi connectivity index (χ0) is 24.1. The molecular formula is C26H23FN4O2S. The van der Waals surface area contributed by atoms with Crippen LogP contribution in [0.15, 0.2) is 89.6 Å². The lowest BCUT2D eigenvalue weighted by Crippen LogP contribution is -2.31. The van der Waals surface area contributed by atoms with Crippen LogP contribution < -0.4 is 15.1 Å². The van der Waals surface area contributed by atoms with Crippen molar-refractivity contribution in [3.05, 3.63) is 95.9 Å². The van der Waals surface area contributed by atoms with E-state index in [-0.39, 0.29) is 23.3 Å². The Bertz CT molecular complexity index is 1240. The van der Waals surface area contributed by atoms with Gasteiger partial charge in [-0.3, -0.25) is 14.5 Å². The molecule has 0 fully saturated rings. The molecule has 0 aromatic heterocycles. The van der Waals surface area contributed by atoms with Gasteiger partial charge < -0.3 is 10.2 Å². The molecule has 0 bridgehead atoms. The monoisotopic (exact) mass is 474 g/mol. The molecule has 3 aromatic carbocycles. The molecule has 4 rings (SSSR count). The van der Waals surface area contributed by atoms with Crippen molar-refractivity contribution in [2.75, 3.05) is 35.0 Å². The molecule has 8 heteroatoms. The molecule has 1 heterocycles. The van der Waals surface area contributed by atoms with Gasteiger partial charge in [0.1, 0.15) is 11.5 Å². The largest absolute Gasteiger partial charge is 0.378 e. The molecule has 0 saturated carbocycles. The summed E-state index contributed by atoms with van der Waals surface area (Å²) in [5.41, 5.74) is 3.27. The highest BCUT2D eigenvalue weighted by atomic mass is 32.2. The fourth-order valence-corrected chi connectivity index (χ4v) is 4.10. The summed E-state index contributed by atoms with van der Waals surface area (Å²) in [5.74, 6) is -0.908. The van der Waals surface area contributed by atoms with E-state index in [4.69, 9.17) is 0 Å². The molecule has 1 aliphatic rings. The van der Waals surface area contributed by atoms with E-state index in [1.54, 1.807) is 6.08 Å². The van der Waals surface area contributed by atoms with Gasteiger partial charge in [0.15, 0.2) is 5.17 Å². The minimum absolute atomic E-state index is 0.0534. The second-order valence-electron chi connectivity index (χ2n) is 7.73. The maximum Gasteiger partial charge on any atom is 0.283 e. The van der Waals surface area contributed by atoms with Gasteiger partial charge in [-0.25, -0.2) is 9.38 Å². The van der Waals surface area contributed by atoms with Crippen LogP contribution in [-0.4, -0.2) is 36.8 Å². The number of nitrogens with zero attached hydrogens (tertiary/aromatic N) is 3. The number of hydrogen-bond acceptors (Lipinski definition) is 5. The summed E-state index contributed by atoms with van der Waals surface area (Å²) in [6.07, 6.45) is 1.69. The van der Waals surface area contributed by atoms with Gasteiger partial charge in [-0.05, 0) is 60.2 Å². The van der Waals surface area contributed by atoms with Crippen LogP contribution in [0, 0.1) is 5.82 Å². The third kappa shape index (κ3) is 5.52. The molecule has 0 spiro atoms. The first-order valence-electron chi connectivity index (χ1n) is 10.6. The van der Waals surface area contributed by atoms with Crippen molar-refractivity contribution < 1.29 is 14.0 Å². The van der Waals surface area contributed by atoms with Crippen LogP contribution in [0.2, 0.25) is 0 Å². The molecule has 172 valence electrons. The Morgan fingerprint density at radius 3 is 2.35 bits per heavy atom. The van der Waals surface area contributed by atoms with Crippen molar-refractivity contribution >= 4 is 51.9 Å². The number of benzene rings is 3. The normalized spacial score (nSPS) is 14.3. The lowest BCUT2D eigenvalue weighted by atomic mass is 10.2. The molecule has 3 aromatic rings. The smallest absolute Gasteiger partial charge is 0.283 e. The first-order valence-corrected chi connectivity index (χ1v) is 11.5. The van der Waals surface area contributed by atoms with Gasteiger partial charge in [0.05, 0.1) is 11.4 Å². The van der Waals surface area contributed by atoms with E-state index >= 15 is 0 Å². The van der Waals surface area contributed by atoms with Crippen LogP contribution >= 0.6 is 11.8 Å². The number of anilines is 3. The molecule has 1 N–H and O–H groups in total. The third-order valence-corrected chi connectivity index (χ3v) is 5.96. The highest BCUT2D eigenvalue weighted by Gasteiger charge is 2.32. The second-order valence-corrected chi connectivity index (χ2v) is 8.67. The van der Waals surface area contributed by atoms with Crippen LogP contribution in [0.4, 0.5) is 21.5 Å². The molecule has 0 unspecified atom stereocenters. The standard InChI is InChI=1S/C26H23FN4O2S/c1-30(2)21-14-10-20(11-15-21)28-24(32)17-34-26-29-23(16-18-6-4-3-5-7-18)25(33)31(26)22-12-8-19(27)9-13-22/h3-16H,17H2,1-2H3,(H,28,32)/b23-16-. The van der Waals surface area contributed by atoms with Crippen molar-refractivity contribution in [3.8, 4) is 0 Å². The number of carbonyl (C=O) groups is 2. The first-order chi connectivity index (χ1) is 16.4. The lowest BCUT2D eigenvalue weighted by molar-refractivity contribution is -0.114. The summed E-state index contributed by atoms with van der Waals surface area (Å²) in [6.45, 7) is 0. The number of thioether (sulfide) groups is 1.